The lowest BCUT2D eigenvalue weighted by atomic mass is 9.87. The van der Waals surface area contributed by atoms with Crippen molar-refractivity contribution in [3.8, 4) is 0 Å². The molecule has 0 saturated carbocycles. The minimum atomic E-state index is 0.241. The summed E-state index contributed by atoms with van der Waals surface area (Å²) in [6.07, 6.45) is 3.07. The van der Waals surface area contributed by atoms with Crippen molar-refractivity contribution in [1.29, 1.82) is 0 Å². The van der Waals surface area contributed by atoms with E-state index in [9.17, 15) is 0 Å². The average molecular weight is 329 g/mol. The van der Waals surface area contributed by atoms with Gasteiger partial charge in [0.25, 0.3) is 0 Å². The maximum atomic E-state index is 5.98. The molecule has 0 amide bonds. The summed E-state index contributed by atoms with van der Waals surface area (Å²) in [5.41, 5.74) is 0.241. The molecular formula is C18H23N3OS. The number of nitrogens with zero attached hydrogens (tertiary/aromatic N) is 3. The normalized spacial score (nSPS) is 25.8. The highest BCUT2D eigenvalue weighted by Crippen LogP contribution is 2.35. The predicted octanol–water partition coefficient (Wildman–Crippen LogP) is 2.87. The molecule has 2 aliphatic rings. The summed E-state index contributed by atoms with van der Waals surface area (Å²) in [5.74, 6) is 1.10. The third-order valence-electron chi connectivity index (χ3n) is 4.89. The highest BCUT2D eigenvalue weighted by molar-refractivity contribution is 7.09. The van der Waals surface area contributed by atoms with Crippen LogP contribution in [0.4, 0.5) is 5.82 Å². The van der Waals surface area contributed by atoms with Crippen LogP contribution in [0.1, 0.15) is 11.3 Å². The van der Waals surface area contributed by atoms with E-state index in [0.717, 1.165) is 51.8 Å². The van der Waals surface area contributed by atoms with E-state index in [1.807, 2.05) is 23.6 Å². The van der Waals surface area contributed by atoms with Gasteiger partial charge in [0.05, 0.1) is 13.2 Å². The number of rotatable bonds is 3. The fourth-order valence-electron chi connectivity index (χ4n) is 3.76. The number of hydrogen-bond acceptors (Lipinski definition) is 5. The summed E-state index contributed by atoms with van der Waals surface area (Å²) in [6.45, 7) is 7.04. The van der Waals surface area contributed by atoms with Crippen molar-refractivity contribution in [2.75, 3.05) is 44.3 Å². The zero-order chi connectivity index (χ0) is 15.5. The van der Waals surface area contributed by atoms with Gasteiger partial charge in [-0.3, -0.25) is 4.90 Å². The number of anilines is 1. The van der Waals surface area contributed by atoms with Crippen LogP contribution in [0.5, 0.6) is 0 Å². The predicted molar refractivity (Wildman–Crippen MR) is 93.9 cm³/mol. The fraction of sp³-hybridized carbons (Fsp3) is 0.500. The van der Waals surface area contributed by atoms with Crippen LogP contribution >= 0.6 is 11.3 Å². The van der Waals surface area contributed by atoms with E-state index >= 15 is 0 Å². The van der Waals surface area contributed by atoms with Gasteiger partial charge in [0, 0.05) is 49.2 Å². The van der Waals surface area contributed by atoms with E-state index in [1.54, 1.807) is 0 Å². The SMILES string of the molecule is c1ccc(N2CCC3(COCCN(Cc4cccs4)C3)C2)nc1. The van der Waals surface area contributed by atoms with Gasteiger partial charge in [0.15, 0.2) is 0 Å². The van der Waals surface area contributed by atoms with Crippen LogP contribution in [0, 0.1) is 5.41 Å². The molecule has 2 aliphatic heterocycles. The third kappa shape index (κ3) is 3.42. The molecule has 2 aromatic rings. The summed E-state index contributed by atoms with van der Waals surface area (Å²) in [4.78, 5) is 10.9. The molecule has 0 bridgehead atoms. The molecule has 122 valence electrons. The second-order valence-corrected chi connectivity index (χ2v) is 7.73. The second kappa shape index (κ2) is 6.59. The first-order chi connectivity index (χ1) is 11.3. The van der Waals surface area contributed by atoms with Crippen LogP contribution in [0.3, 0.4) is 0 Å². The molecule has 5 heteroatoms. The molecule has 4 nitrogen and oxygen atoms in total. The number of hydrogen-bond donors (Lipinski definition) is 0. The number of aromatic nitrogens is 1. The Labute approximate surface area is 141 Å². The van der Waals surface area contributed by atoms with Gasteiger partial charge in [-0.25, -0.2) is 4.98 Å². The van der Waals surface area contributed by atoms with Gasteiger partial charge < -0.3 is 9.64 Å². The van der Waals surface area contributed by atoms with E-state index in [-0.39, 0.29) is 5.41 Å². The molecule has 0 N–H and O–H groups in total. The fourth-order valence-corrected chi connectivity index (χ4v) is 4.50. The Morgan fingerprint density at radius 3 is 3.00 bits per heavy atom. The Balaban J connectivity index is 1.46. The highest BCUT2D eigenvalue weighted by atomic mass is 32.1. The topological polar surface area (TPSA) is 28.6 Å². The van der Waals surface area contributed by atoms with E-state index < -0.39 is 0 Å². The lowest BCUT2D eigenvalue weighted by Gasteiger charge is -2.31. The molecule has 2 saturated heterocycles. The first kappa shape index (κ1) is 15.1. The van der Waals surface area contributed by atoms with E-state index in [4.69, 9.17) is 4.74 Å². The molecule has 2 aromatic heterocycles. The third-order valence-corrected chi connectivity index (χ3v) is 5.75. The van der Waals surface area contributed by atoms with Crippen molar-refractivity contribution >= 4 is 17.2 Å². The number of thiophene rings is 1. The highest BCUT2D eigenvalue weighted by Gasteiger charge is 2.41. The van der Waals surface area contributed by atoms with Crippen LogP contribution < -0.4 is 4.90 Å². The van der Waals surface area contributed by atoms with Crippen LogP contribution in [0.25, 0.3) is 0 Å². The second-order valence-electron chi connectivity index (χ2n) is 6.70. The minimum Gasteiger partial charge on any atom is -0.379 e. The molecule has 1 atom stereocenters. The van der Waals surface area contributed by atoms with Gasteiger partial charge in [-0.05, 0) is 30.0 Å². The molecular weight excluding hydrogens is 306 g/mol. The Hall–Kier alpha value is -1.43. The monoisotopic (exact) mass is 329 g/mol. The van der Waals surface area contributed by atoms with E-state index in [1.165, 1.54) is 11.3 Å². The van der Waals surface area contributed by atoms with Crippen LogP contribution in [-0.2, 0) is 11.3 Å². The number of pyridine rings is 1. The lowest BCUT2D eigenvalue weighted by Crippen LogP contribution is -2.40. The molecule has 0 aliphatic carbocycles. The first-order valence-corrected chi connectivity index (χ1v) is 9.20. The molecule has 4 heterocycles. The standard InChI is InChI=1S/C18H23N3OS/c1-2-7-19-17(5-1)21-8-6-18(14-21)13-20(9-10-22-15-18)12-16-4-3-11-23-16/h1-5,7,11H,6,8-10,12-15H2. The van der Waals surface area contributed by atoms with E-state index in [0.29, 0.717) is 0 Å². The van der Waals surface area contributed by atoms with Gasteiger partial charge in [-0.2, -0.15) is 0 Å². The molecule has 23 heavy (non-hydrogen) atoms. The summed E-state index contributed by atoms with van der Waals surface area (Å²) in [5, 5.41) is 2.16. The average Bonchev–Trinajstić information content (AvgIpc) is 3.18. The first-order valence-electron chi connectivity index (χ1n) is 8.32. The van der Waals surface area contributed by atoms with Gasteiger partial charge in [0.2, 0.25) is 0 Å². The van der Waals surface area contributed by atoms with Crippen molar-refractivity contribution in [1.82, 2.24) is 9.88 Å². The Bertz CT molecular complexity index is 618. The van der Waals surface area contributed by atoms with Crippen molar-refractivity contribution < 1.29 is 4.74 Å². The zero-order valence-electron chi connectivity index (χ0n) is 13.4. The Morgan fingerprint density at radius 2 is 2.17 bits per heavy atom. The summed E-state index contributed by atoms with van der Waals surface area (Å²) in [7, 11) is 0. The quantitative estimate of drug-likeness (QED) is 0.866. The van der Waals surface area contributed by atoms with Gasteiger partial charge in [-0.1, -0.05) is 12.1 Å². The molecule has 0 aromatic carbocycles. The van der Waals surface area contributed by atoms with Crippen molar-refractivity contribution in [3.05, 3.63) is 46.8 Å². The summed E-state index contributed by atoms with van der Waals surface area (Å²) >= 11 is 1.85. The van der Waals surface area contributed by atoms with E-state index in [2.05, 4.69) is 44.4 Å². The van der Waals surface area contributed by atoms with Crippen LogP contribution in [-0.4, -0.2) is 49.3 Å². The molecule has 4 rings (SSSR count). The van der Waals surface area contributed by atoms with Crippen LogP contribution in [0.2, 0.25) is 0 Å². The summed E-state index contributed by atoms with van der Waals surface area (Å²) in [6, 6.07) is 10.5. The molecule has 1 spiro atoms. The zero-order valence-corrected chi connectivity index (χ0v) is 14.2. The molecule has 1 unspecified atom stereocenters. The largest absolute Gasteiger partial charge is 0.379 e. The lowest BCUT2D eigenvalue weighted by molar-refractivity contribution is 0.0798. The maximum Gasteiger partial charge on any atom is 0.128 e. The Morgan fingerprint density at radius 1 is 1.17 bits per heavy atom. The maximum absolute atomic E-state index is 5.98. The summed E-state index contributed by atoms with van der Waals surface area (Å²) < 4.78 is 5.98. The van der Waals surface area contributed by atoms with Crippen molar-refractivity contribution in [2.45, 2.75) is 13.0 Å². The minimum absolute atomic E-state index is 0.241. The molecule has 0 radical (unpaired) electrons. The van der Waals surface area contributed by atoms with Crippen molar-refractivity contribution in [2.24, 2.45) is 5.41 Å². The van der Waals surface area contributed by atoms with Gasteiger partial charge in [0.1, 0.15) is 5.82 Å². The molecule has 2 fully saturated rings. The smallest absolute Gasteiger partial charge is 0.128 e. The van der Waals surface area contributed by atoms with Crippen molar-refractivity contribution in [3.63, 3.8) is 0 Å². The van der Waals surface area contributed by atoms with Gasteiger partial charge in [-0.15, -0.1) is 11.3 Å². The Kier molecular flexibility index (Phi) is 4.33. The van der Waals surface area contributed by atoms with Gasteiger partial charge >= 0.3 is 0 Å². The van der Waals surface area contributed by atoms with Crippen LogP contribution in [0.15, 0.2) is 41.9 Å². The number of ether oxygens (including phenoxy) is 1.